The smallest absolute Gasteiger partial charge is 0.274 e. The zero-order chi connectivity index (χ0) is 7.78. The molecule has 2 atom stereocenters. The van der Waals surface area contributed by atoms with Gasteiger partial charge >= 0.3 is 0 Å². The molecule has 0 spiro atoms. The van der Waals surface area contributed by atoms with Crippen molar-refractivity contribution in [1.82, 2.24) is 0 Å². The Kier molecular flexibility index (Phi) is 2.17. The largest absolute Gasteiger partial charge is 0.386 e. The van der Waals surface area contributed by atoms with Crippen LogP contribution in [0.15, 0.2) is 0 Å². The van der Waals surface area contributed by atoms with Gasteiger partial charge in [0.2, 0.25) is 0 Å². The number of aliphatic hydroxyl groups is 1. The molecule has 0 radical (unpaired) electrons. The number of rotatable bonds is 2. The Hall–Kier alpha value is 0.130. The predicted octanol–water partition coefficient (Wildman–Crippen LogP) is 0.864. The lowest BCUT2D eigenvalue weighted by molar-refractivity contribution is -0.219. The molecule has 1 N–H and O–H groups in total. The summed E-state index contributed by atoms with van der Waals surface area (Å²) in [5, 5.41) is 8.70. The molecule has 10 heavy (non-hydrogen) atoms. The molecule has 0 aromatic carbocycles. The summed E-state index contributed by atoms with van der Waals surface area (Å²) < 4.78 is 28.7. The molecule has 60 valence electrons. The van der Waals surface area contributed by atoms with Crippen LogP contribution < -0.4 is 0 Å². The number of hydrogen-bond donors (Lipinski definition) is 2. The maximum absolute atomic E-state index is 12.2. The average Bonchev–Trinajstić information content (AvgIpc) is 1.87. The van der Waals surface area contributed by atoms with E-state index in [4.69, 9.17) is 5.11 Å². The highest BCUT2D eigenvalue weighted by Crippen LogP contribution is 2.42. The summed E-state index contributed by atoms with van der Waals surface area (Å²) >= 11 is 3.39. The Morgan fingerprint density at radius 3 is 2.60 bits per heavy atom. The van der Waals surface area contributed by atoms with Gasteiger partial charge in [-0.25, -0.2) is 8.78 Å². The van der Waals surface area contributed by atoms with Crippen molar-refractivity contribution < 1.29 is 18.1 Å². The fraction of sp³-hybridized carbons (Fsp3) is 1.00. The summed E-state index contributed by atoms with van der Waals surface area (Å²) in [5.41, 5.74) is 0. The summed E-state index contributed by atoms with van der Waals surface area (Å²) in [4.78, 5) is 0. The van der Waals surface area contributed by atoms with Crippen LogP contribution in [0.5, 0.6) is 0 Å². The highest BCUT2D eigenvalue weighted by atomic mass is 32.1. The fourth-order valence-electron chi connectivity index (χ4n) is 1.01. The summed E-state index contributed by atoms with van der Waals surface area (Å²) in [6.07, 6.45) is -1.84. The van der Waals surface area contributed by atoms with Crippen molar-refractivity contribution in [3.05, 3.63) is 0 Å². The molecule has 1 rings (SSSR count). The first kappa shape index (κ1) is 8.23. The van der Waals surface area contributed by atoms with E-state index < -0.39 is 17.9 Å². The first-order valence-corrected chi connectivity index (χ1v) is 3.26. The minimum atomic E-state index is -2.91. The van der Waals surface area contributed by atoms with E-state index in [1.165, 1.54) is 0 Å². The molecule has 1 aliphatic carbocycles. The van der Waals surface area contributed by atoms with Crippen molar-refractivity contribution in [2.75, 3.05) is 6.61 Å². The lowest BCUT2D eigenvalue weighted by Crippen LogP contribution is -2.53. The quantitative estimate of drug-likeness (QED) is 0.475. The zero-order valence-electron chi connectivity index (χ0n) is 5.13. The second-order valence-electron chi connectivity index (χ2n) is 2.47. The standard InChI is InChI=1S/C5H8F2O2S/c6-5(7)1-3(2-9-10)4(5)8/h3-4,8,10H,1-2H2. The molecule has 1 saturated carbocycles. The Labute approximate surface area is 62.8 Å². The van der Waals surface area contributed by atoms with E-state index in [2.05, 4.69) is 17.1 Å². The Balaban J connectivity index is 2.32. The van der Waals surface area contributed by atoms with E-state index in [-0.39, 0.29) is 13.0 Å². The second kappa shape index (κ2) is 2.64. The molecule has 1 fully saturated rings. The van der Waals surface area contributed by atoms with Gasteiger partial charge in [0.1, 0.15) is 6.10 Å². The molecular weight excluding hydrogens is 162 g/mol. The third-order valence-corrected chi connectivity index (χ3v) is 1.85. The summed E-state index contributed by atoms with van der Waals surface area (Å²) in [5.74, 6) is -3.36. The molecule has 1 aliphatic rings. The molecule has 0 aromatic rings. The highest BCUT2D eigenvalue weighted by Gasteiger charge is 2.55. The van der Waals surface area contributed by atoms with E-state index in [0.29, 0.717) is 0 Å². The first-order valence-electron chi connectivity index (χ1n) is 2.90. The Morgan fingerprint density at radius 2 is 2.30 bits per heavy atom. The van der Waals surface area contributed by atoms with Crippen LogP contribution in [0, 0.1) is 5.92 Å². The van der Waals surface area contributed by atoms with Crippen molar-refractivity contribution >= 4 is 12.9 Å². The SMILES string of the molecule is OC1C(COS)CC1(F)F. The molecule has 2 nitrogen and oxygen atoms in total. The van der Waals surface area contributed by atoms with Gasteiger partial charge in [0.25, 0.3) is 5.92 Å². The Bertz CT molecular complexity index is 131. The van der Waals surface area contributed by atoms with E-state index in [1.807, 2.05) is 0 Å². The molecule has 0 bridgehead atoms. The second-order valence-corrected chi connectivity index (χ2v) is 2.72. The highest BCUT2D eigenvalue weighted by molar-refractivity contribution is 7.75. The number of thiol groups is 1. The molecule has 0 amide bonds. The normalized spacial score (nSPS) is 37.2. The van der Waals surface area contributed by atoms with Gasteiger partial charge in [-0.15, -0.1) is 0 Å². The van der Waals surface area contributed by atoms with Gasteiger partial charge in [0.05, 0.1) is 6.61 Å². The van der Waals surface area contributed by atoms with Gasteiger partial charge < -0.3 is 9.29 Å². The topological polar surface area (TPSA) is 29.5 Å². The van der Waals surface area contributed by atoms with E-state index in [0.717, 1.165) is 0 Å². The van der Waals surface area contributed by atoms with E-state index in [1.54, 1.807) is 0 Å². The van der Waals surface area contributed by atoms with Crippen LogP contribution in [0.1, 0.15) is 6.42 Å². The number of alkyl halides is 2. The monoisotopic (exact) mass is 170 g/mol. The van der Waals surface area contributed by atoms with E-state index in [9.17, 15) is 8.78 Å². The van der Waals surface area contributed by atoms with Gasteiger partial charge in [-0.2, -0.15) is 0 Å². The number of aliphatic hydroxyl groups excluding tert-OH is 1. The van der Waals surface area contributed by atoms with E-state index >= 15 is 0 Å². The number of halogens is 2. The van der Waals surface area contributed by atoms with Gasteiger partial charge in [-0.05, 0) is 12.9 Å². The van der Waals surface area contributed by atoms with Crippen molar-refractivity contribution in [2.45, 2.75) is 18.4 Å². The van der Waals surface area contributed by atoms with Crippen LogP contribution in [-0.2, 0) is 4.18 Å². The summed E-state index contributed by atoms with van der Waals surface area (Å²) in [7, 11) is 0. The molecule has 0 aromatic heterocycles. The molecule has 5 heteroatoms. The lowest BCUT2D eigenvalue weighted by atomic mass is 9.79. The third-order valence-electron chi connectivity index (χ3n) is 1.70. The molecular formula is C5H8F2O2S. The number of hydrogen-bond acceptors (Lipinski definition) is 3. The van der Waals surface area contributed by atoms with Crippen molar-refractivity contribution in [3.8, 4) is 0 Å². The minimum Gasteiger partial charge on any atom is -0.386 e. The minimum absolute atomic E-state index is 0.0832. The lowest BCUT2D eigenvalue weighted by Gasteiger charge is -2.39. The van der Waals surface area contributed by atoms with Crippen LogP contribution in [-0.4, -0.2) is 23.7 Å². The predicted molar refractivity (Wildman–Crippen MR) is 34.0 cm³/mol. The van der Waals surface area contributed by atoms with Gasteiger partial charge in [-0.3, -0.25) is 0 Å². The van der Waals surface area contributed by atoms with Crippen molar-refractivity contribution in [1.29, 1.82) is 0 Å². The zero-order valence-corrected chi connectivity index (χ0v) is 6.02. The van der Waals surface area contributed by atoms with Crippen molar-refractivity contribution in [2.24, 2.45) is 5.92 Å². The molecule has 2 unspecified atom stereocenters. The maximum Gasteiger partial charge on any atom is 0.274 e. The van der Waals surface area contributed by atoms with Gasteiger partial charge in [-0.1, -0.05) is 0 Å². The van der Waals surface area contributed by atoms with Crippen LogP contribution in [0.4, 0.5) is 8.78 Å². The van der Waals surface area contributed by atoms with Crippen LogP contribution in [0.2, 0.25) is 0 Å². The summed E-state index contributed by atoms with van der Waals surface area (Å²) in [6.45, 7) is 0.0832. The van der Waals surface area contributed by atoms with Gasteiger partial charge in [0.15, 0.2) is 0 Å². The average molecular weight is 170 g/mol. The fourth-order valence-corrected chi connectivity index (χ4v) is 1.20. The van der Waals surface area contributed by atoms with Crippen molar-refractivity contribution in [3.63, 3.8) is 0 Å². The maximum atomic E-state index is 12.2. The van der Waals surface area contributed by atoms with Gasteiger partial charge in [0, 0.05) is 12.3 Å². The van der Waals surface area contributed by atoms with Crippen LogP contribution >= 0.6 is 12.9 Å². The third kappa shape index (κ3) is 1.26. The molecule has 0 saturated heterocycles. The molecule has 0 aliphatic heterocycles. The first-order chi connectivity index (χ1) is 4.58. The Morgan fingerprint density at radius 1 is 1.70 bits per heavy atom. The van der Waals surface area contributed by atoms with Crippen LogP contribution in [0.3, 0.4) is 0 Å². The molecule has 0 heterocycles. The van der Waals surface area contributed by atoms with Crippen LogP contribution in [0.25, 0.3) is 0 Å². The summed E-state index contributed by atoms with van der Waals surface area (Å²) in [6, 6.07) is 0.